The van der Waals surface area contributed by atoms with Crippen LogP contribution in [0.15, 0.2) is 24.3 Å². The van der Waals surface area contributed by atoms with Gasteiger partial charge in [0.1, 0.15) is 0 Å². The third-order valence-corrected chi connectivity index (χ3v) is 3.57. The molecule has 1 fully saturated rings. The van der Waals surface area contributed by atoms with Gasteiger partial charge in [0.2, 0.25) is 5.91 Å². The topological polar surface area (TPSA) is 87.8 Å². The van der Waals surface area contributed by atoms with Crippen LogP contribution in [0, 0.1) is 0 Å². The van der Waals surface area contributed by atoms with E-state index in [1.54, 1.807) is 24.3 Å². The van der Waals surface area contributed by atoms with Gasteiger partial charge in [-0.25, -0.2) is 0 Å². The van der Waals surface area contributed by atoms with Gasteiger partial charge in [-0.05, 0) is 25.2 Å². The van der Waals surface area contributed by atoms with Gasteiger partial charge in [-0.1, -0.05) is 6.07 Å². The van der Waals surface area contributed by atoms with Crippen molar-refractivity contribution in [3.05, 3.63) is 24.3 Å². The van der Waals surface area contributed by atoms with Crippen LogP contribution in [0.4, 0.5) is 11.4 Å². The summed E-state index contributed by atoms with van der Waals surface area (Å²) < 4.78 is 5.25. The summed E-state index contributed by atoms with van der Waals surface area (Å²) in [6.45, 7) is 1.82. The predicted molar refractivity (Wildman–Crippen MR) is 82.0 cm³/mol. The van der Waals surface area contributed by atoms with Crippen molar-refractivity contribution in [2.24, 2.45) is 0 Å². The maximum atomic E-state index is 12.0. The molecule has 1 aromatic carbocycles. The van der Waals surface area contributed by atoms with Gasteiger partial charge in [-0.3, -0.25) is 9.69 Å². The molecule has 0 unspecified atom stereocenters. The highest BCUT2D eigenvalue weighted by Crippen LogP contribution is 2.21. The summed E-state index contributed by atoms with van der Waals surface area (Å²) in [6.07, 6.45) is 1.21. The van der Waals surface area contributed by atoms with Crippen molar-refractivity contribution in [3.8, 4) is 0 Å². The van der Waals surface area contributed by atoms with Crippen molar-refractivity contribution in [1.29, 1.82) is 0 Å². The molecular formula is C15H23N3O3. The fraction of sp³-hybridized carbons (Fsp3) is 0.533. The zero-order valence-corrected chi connectivity index (χ0v) is 12.3. The lowest BCUT2D eigenvalue weighted by Crippen LogP contribution is -2.47. The normalized spacial score (nSPS) is 17.7. The number of nitrogens with zero attached hydrogens (tertiary/aromatic N) is 1. The Kier molecular flexibility index (Phi) is 5.17. The number of nitrogen functional groups attached to an aromatic ring is 1. The van der Waals surface area contributed by atoms with Crippen molar-refractivity contribution in [2.45, 2.75) is 18.4 Å². The molecule has 116 valence electrons. The van der Waals surface area contributed by atoms with Crippen LogP contribution in [0.1, 0.15) is 12.8 Å². The summed E-state index contributed by atoms with van der Waals surface area (Å²) in [5.74, 6) is -0.126. The Labute approximate surface area is 124 Å². The van der Waals surface area contributed by atoms with Gasteiger partial charge in [-0.2, -0.15) is 0 Å². The number of nitrogens with two attached hydrogens (primary N) is 1. The first-order chi connectivity index (χ1) is 9.97. The first kappa shape index (κ1) is 15.8. The quantitative estimate of drug-likeness (QED) is 0.695. The number of rotatable bonds is 5. The number of ether oxygens (including phenoxy) is 1. The van der Waals surface area contributed by atoms with E-state index in [2.05, 4.69) is 5.32 Å². The lowest BCUT2D eigenvalue weighted by Gasteiger charge is -2.35. The van der Waals surface area contributed by atoms with Gasteiger partial charge in [0, 0.05) is 44.0 Å². The van der Waals surface area contributed by atoms with Gasteiger partial charge in [0.25, 0.3) is 0 Å². The Bertz CT molecular complexity index is 487. The predicted octanol–water partition coefficient (Wildman–Crippen LogP) is 0.681. The molecule has 1 heterocycles. The summed E-state index contributed by atoms with van der Waals surface area (Å²) in [5, 5.41) is 13.2. The standard InChI is InChI=1S/C15H23N3O3/c1-18(11-15(20)5-7-21-8-6-15)10-14(19)17-13-4-2-3-12(16)9-13/h2-4,9,20H,5-8,10-11,16H2,1H3,(H,17,19). The largest absolute Gasteiger partial charge is 0.399 e. The smallest absolute Gasteiger partial charge is 0.238 e. The number of amides is 1. The molecular weight excluding hydrogens is 270 g/mol. The average Bonchev–Trinajstić information content (AvgIpc) is 2.38. The number of nitrogens with one attached hydrogen (secondary N) is 1. The van der Waals surface area contributed by atoms with E-state index < -0.39 is 5.60 Å². The monoisotopic (exact) mass is 293 g/mol. The molecule has 0 atom stereocenters. The third kappa shape index (κ3) is 5.00. The van der Waals surface area contributed by atoms with E-state index in [4.69, 9.17) is 10.5 Å². The molecule has 0 bridgehead atoms. The van der Waals surface area contributed by atoms with Crippen molar-refractivity contribution >= 4 is 17.3 Å². The summed E-state index contributed by atoms with van der Waals surface area (Å²) in [6, 6.07) is 7.06. The second kappa shape index (κ2) is 6.89. The first-order valence-electron chi connectivity index (χ1n) is 7.11. The molecule has 2 rings (SSSR count). The summed E-state index contributed by atoms with van der Waals surface area (Å²) >= 11 is 0. The van der Waals surface area contributed by atoms with E-state index in [1.807, 2.05) is 11.9 Å². The van der Waals surface area contributed by atoms with Gasteiger partial charge in [-0.15, -0.1) is 0 Å². The molecule has 1 aliphatic heterocycles. The lowest BCUT2D eigenvalue weighted by molar-refractivity contribution is -0.118. The van der Waals surface area contributed by atoms with Gasteiger partial charge >= 0.3 is 0 Å². The van der Waals surface area contributed by atoms with Gasteiger partial charge in [0.05, 0.1) is 12.1 Å². The molecule has 1 aliphatic rings. The molecule has 6 nitrogen and oxygen atoms in total. The lowest BCUT2D eigenvalue weighted by atomic mass is 9.94. The minimum Gasteiger partial charge on any atom is -0.399 e. The number of likely N-dealkylation sites (N-methyl/N-ethyl adjacent to an activating group) is 1. The number of carbonyl (C=O) groups is 1. The highest BCUT2D eigenvalue weighted by Gasteiger charge is 2.31. The number of hydrogen-bond acceptors (Lipinski definition) is 5. The Morgan fingerprint density at radius 3 is 2.86 bits per heavy atom. The van der Waals surface area contributed by atoms with Gasteiger partial charge in [0.15, 0.2) is 0 Å². The number of carbonyl (C=O) groups excluding carboxylic acids is 1. The molecule has 0 aliphatic carbocycles. The Morgan fingerprint density at radius 2 is 2.19 bits per heavy atom. The van der Waals surface area contributed by atoms with Crippen LogP contribution in [0.25, 0.3) is 0 Å². The van der Waals surface area contributed by atoms with Crippen LogP contribution < -0.4 is 11.1 Å². The van der Waals surface area contributed by atoms with Crippen LogP contribution in [0.2, 0.25) is 0 Å². The fourth-order valence-electron chi connectivity index (χ4n) is 2.53. The summed E-state index contributed by atoms with van der Waals surface area (Å²) in [5.41, 5.74) is 6.20. The molecule has 0 spiro atoms. The molecule has 0 radical (unpaired) electrons. The van der Waals surface area contributed by atoms with Crippen molar-refractivity contribution in [1.82, 2.24) is 4.90 Å². The van der Waals surface area contributed by atoms with E-state index in [9.17, 15) is 9.90 Å². The molecule has 4 N–H and O–H groups in total. The maximum absolute atomic E-state index is 12.0. The van der Waals surface area contributed by atoms with E-state index in [1.165, 1.54) is 0 Å². The second-order valence-corrected chi connectivity index (χ2v) is 5.68. The zero-order valence-electron chi connectivity index (χ0n) is 12.3. The van der Waals surface area contributed by atoms with Crippen molar-refractivity contribution < 1.29 is 14.6 Å². The number of anilines is 2. The van der Waals surface area contributed by atoms with Crippen LogP contribution in [-0.2, 0) is 9.53 Å². The van der Waals surface area contributed by atoms with E-state index in [0.29, 0.717) is 44.0 Å². The van der Waals surface area contributed by atoms with Crippen molar-refractivity contribution in [2.75, 3.05) is 44.4 Å². The first-order valence-corrected chi connectivity index (χ1v) is 7.11. The molecule has 1 saturated heterocycles. The van der Waals surface area contributed by atoms with Gasteiger partial charge < -0.3 is 20.9 Å². The van der Waals surface area contributed by atoms with E-state index >= 15 is 0 Å². The Morgan fingerprint density at radius 1 is 1.48 bits per heavy atom. The van der Waals surface area contributed by atoms with E-state index in [0.717, 1.165) is 0 Å². The van der Waals surface area contributed by atoms with Crippen LogP contribution >= 0.6 is 0 Å². The molecule has 6 heteroatoms. The minimum absolute atomic E-state index is 0.126. The fourth-order valence-corrected chi connectivity index (χ4v) is 2.53. The summed E-state index contributed by atoms with van der Waals surface area (Å²) in [7, 11) is 1.83. The average molecular weight is 293 g/mol. The molecule has 1 aromatic rings. The highest BCUT2D eigenvalue weighted by atomic mass is 16.5. The minimum atomic E-state index is -0.759. The SMILES string of the molecule is CN(CC(=O)Nc1cccc(N)c1)CC1(O)CCOCC1. The number of hydrogen-bond donors (Lipinski definition) is 3. The highest BCUT2D eigenvalue weighted by molar-refractivity contribution is 5.92. The van der Waals surface area contributed by atoms with Crippen LogP contribution in [-0.4, -0.2) is 54.9 Å². The molecule has 0 aromatic heterocycles. The number of aliphatic hydroxyl groups is 1. The molecule has 21 heavy (non-hydrogen) atoms. The van der Waals surface area contributed by atoms with Crippen LogP contribution in [0.3, 0.4) is 0 Å². The second-order valence-electron chi connectivity index (χ2n) is 5.68. The molecule has 0 saturated carbocycles. The van der Waals surface area contributed by atoms with Crippen molar-refractivity contribution in [3.63, 3.8) is 0 Å². The number of benzene rings is 1. The Balaban J connectivity index is 1.81. The maximum Gasteiger partial charge on any atom is 0.238 e. The third-order valence-electron chi connectivity index (χ3n) is 3.57. The van der Waals surface area contributed by atoms with E-state index in [-0.39, 0.29) is 12.5 Å². The zero-order chi connectivity index (χ0) is 15.3. The van der Waals surface area contributed by atoms with Crippen LogP contribution in [0.5, 0.6) is 0 Å². The molecule has 1 amide bonds. The summed E-state index contributed by atoms with van der Waals surface area (Å²) in [4.78, 5) is 13.8. The Hall–Kier alpha value is -1.63.